The second kappa shape index (κ2) is 39.3. The van der Waals surface area contributed by atoms with Crippen molar-refractivity contribution >= 4 is 83.1 Å². The Morgan fingerprint density at radius 3 is 1.40 bits per heavy atom. The van der Waals surface area contributed by atoms with E-state index in [2.05, 4.69) is 36.6 Å². The van der Waals surface area contributed by atoms with Gasteiger partial charge in [0, 0.05) is 66.3 Å². The summed E-state index contributed by atoms with van der Waals surface area (Å²) in [5.41, 5.74) is 29.0. The van der Waals surface area contributed by atoms with E-state index < -0.39 is 127 Å². The summed E-state index contributed by atoms with van der Waals surface area (Å²) in [5.74, 6) is -9.43. The van der Waals surface area contributed by atoms with E-state index in [1.54, 1.807) is 60.7 Å². The Morgan fingerprint density at radius 2 is 0.943 bits per heavy atom. The second-order valence-corrected chi connectivity index (χ2v) is 20.6. The third kappa shape index (κ3) is 27.7. The van der Waals surface area contributed by atoms with Crippen LogP contribution in [0.1, 0.15) is 96.1 Å². The molecule has 0 unspecified atom stereocenters. The van der Waals surface area contributed by atoms with Crippen LogP contribution < -0.4 is 55.3 Å². The molecule has 0 aromatic heterocycles. The zero-order chi connectivity index (χ0) is 66.0. The summed E-state index contributed by atoms with van der Waals surface area (Å²) in [6.07, 6.45) is 3.13. The molecule has 20 N–H and O–H groups in total. The van der Waals surface area contributed by atoms with Crippen molar-refractivity contribution in [3.8, 4) is 0 Å². The number of nitrogens with zero attached hydrogens (tertiary/aromatic N) is 5. The van der Waals surface area contributed by atoms with E-state index in [9.17, 15) is 53.4 Å². The summed E-state index contributed by atoms with van der Waals surface area (Å²) < 4.78 is 0. The summed E-state index contributed by atoms with van der Waals surface area (Å²) >= 11 is 0. The van der Waals surface area contributed by atoms with Gasteiger partial charge in [-0.25, -0.2) is 4.79 Å². The van der Waals surface area contributed by atoms with Gasteiger partial charge in [0.2, 0.25) is 47.3 Å². The number of carboxylic acids is 4. The quantitative estimate of drug-likeness (QED) is 0.0232. The molecule has 8 atom stereocenters. The largest absolute Gasteiger partial charge is 0.481 e. The minimum absolute atomic E-state index is 0.0209. The molecule has 88 heavy (non-hydrogen) atoms. The van der Waals surface area contributed by atoms with Crippen molar-refractivity contribution in [2.45, 2.75) is 146 Å². The predicted molar refractivity (Wildman–Crippen MR) is 318 cm³/mol. The number of guanidine groups is 2. The van der Waals surface area contributed by atoms with Gasteiger partial charge in [-0.1, -0.05) is 60.7 Å². The van der Waals surface area contributed by atoms with Crippen LogP contribution in [0.25, 0.3) is 0 Å². The first kappa shape index (κ1) is 74.6. The minimum Gasteiger partial charge on any atom is -0.481 e. The van der Waals surface area contributed by atoms with Crippen molar-refractivity contribution in [1.82, 2.24) is 41.3 Å². The van der Waals surface area contributed by atoms with Gasteiger partial charge < -0.3 is 95.5 Å². The lowest BCUT2D eigenvalue weighted by molar-refractivity contribution is -0.147. The number of carbonyl (C=O) groups is 12. The van der Waals surface area contributed by atoms with Gasteiger partial charge in [-0.05, 0) is 75.3 Å². The number of aliphatic hydroxyl groups is 1. The highest BCUT2D eigenvalue weighted by Crippen LogP contribution is 2.26. The van der Waals surface area contributed by atoms with E-state index in [0.717, 1.165) is 20.8 Å². The highest BCUT2D eigenvalue weighted by Gasteiger charge is 2.44. The smallest absolute Gasteiger partial charge is 0.326 e. The standard InChI is InChI=1S/C50H73N15O11.3C2H4O2/c51-32(16-7-21-56-49(52)53)45(72)65-25-11-20-39(65)47(74)64-24-9-18-37(64)43(70)58-28-40(67)59-34(26-30-12-3-1-4-13-30)41(68)62-36(29-66)46(73)63-23-10-19-38(63)44(71)61-35(27-31-14-5-2-6-15-31)42(69)60-33(48(75)76)17-8-22-57-50(54)55;3*1-2(3)4/h1-6,12-15,32-39,66H,7-11,16-29,51H2,(H,58,70)(H,59,67)(H,60,69)(H,61,71)(H,62,68)(H,75,76)(H4,52,53,56)(H4,54,55,57);3*1H3,(H,3,4)/t32-,33-,34-,35-,36-,37-,38-,39+;;;/m0.../s1. The van der Waals surface area contributed by atoms with E-state index in [0.29, 0.717) is 69.2 Å². The fraction of sp³-hybridized carbons (Fsp3) is 0.536. The predicted octanol–water partition coefficient (Wildman–Crippen LogP) is -3.72. The highest BCUT2D eigenvalue weighted by molar-refractivity contribution is 5.98. The van der Waals surface area contributed by atoms with Crippen molar-refractivity contribution in [2.24, 2.45) is 38.7 Å². The van der Waals surface area contributed by atoms with Crippen molar-refractivity contribution in [3.05, 3.63) is 71.8 Å². The summed E-state index contributed by atoms with van der Waals surface area (Å²) in [6, 6.07) is 8.00. The number of hydrogen-bond acceptors (Lipinski definition) is 16. The maximum Gasteiger partial charge on any atom is 0.326 e. The molecule has 8 amide bonds. The molecule has 0 spiro atoms. The lowest BCUT2D eigenvalue weighted by Gasteiger charge is -2.32. The molecule has 32 nitrogen and oxygen atoms in total. The summed E-state index contributed by atoms with van der Waals surface area (Å²) in [5, 5.41) is 55.5. The van der Waals surface area contributed by atoms with Crippen LogP contribution in [0.2, 0.25) is 0 Å². The van der Waals surface area contributed by atoms with Crippen LogP contribution in [0.15, 0.2) is 70.6 Å². The lowest BCUT2D eigenvalue weighted by Crippen LogP contribution is -2.60. The minimum atomic E-state index is -1.59. The molecular formula is C56H85N15O17. The van der Waals surface area contributed by atoms with E-state index in [4.69, 9.17) is 58.4 Å². The van der Waals surface area contributed by atoms with Gasteiger partial charge >= 0.3 is 5.97 Å². The first-order chi connectivity index (χ1) is 41.6. The Labute approximate surface area is 508 Å². The van der Waals surface area contributed by atoms with Crippen LogP contribution in [-0.4, -0.2) is 217 Å². The third-order valence-electron chi connectivity index (χ3n) is 13.4. The van der Waals surface area contributed by atoms with E-state index in [1.165, 1.54) is 14.7 Å². The molecule has 32 heteroatoms. The van der Waals surface area contributed by atoms with Crippen LogP contribution in [0.4, 0.5) is 0 Å². The summed E-state index contributed by atoms with van der Waals surface area (Å²) in [6.45, 7) is 2.81. The fourth-order valence-corrected chi connectivity index (χ4v) is 9.55. The molecule has 3 fully saturated rings. The van der Waals surface area contributed by atoms with Crippen LogP contribution in [0, 0.1) is 0 Å². The maximum absolute atomic E-state index is 14.1. The van der Waals surface area contributed by atoms with Gasteiger partial charge in [-0.2, -0.15) is 0 Å². The first-order valence-corrected chi connectivity index (χ1v) is 28.3. The molecule has 3 aliphatic rings. The maximum atomic E-state index is 14.1. The number of nitrogens with one attached hydrogen (secondary N) is 5. The molecule has 2 aromatic rings. The van der Waals surface area contributed by atoms with Gasteiger partial charge in [-0.15, -0.1) is 0 Å². The number of nitrogens with two attached hydrogens (primary N) is 5. The fourth-order valence-electron chi connectivity index (χ4n) is 9.55. The zero-order valence-electron chi connectivity index (χ0n) is 49.6. The highest BCUT2D eigenvalue weighted by atomic mass is 16.4. The van der Waals surface area contributed by atoms with Crippen LogP contribution in [0.5, 0.6) is 0 Å². The number of carbonyl (C=O) groups excluding carboxylic acids is 8. The van der Waals surface area contributed by atoms with Crippen LogP contribution >= 0.6 is 0 Å². The van der Waals surface area contributed by atoms with Crippen molar-refractivity contribution in [1.29, 1.82) is 0 Å². The van der Waals surface area contributed by atoms with Gasteiger partial charge in [0.05, 0.1) is 19.2 Å². The van der Waals surface area contributed by atoms with Gasteiger partial charge in [0.15, 0.2) is 11.9 Å². The number of hydrogen-bond donors (Lipinski definition) is 15. The van der Waals surface area contributed by atoms with E-state index >= 15 is 0 Å². The van der Waals surface area contributed by atoms with Crippen LogP contribution in [-0.2, 0) is 70.4 Å². The molecule has 2 aromatic carbocycles. The number of aliphatic hydroxyl groups excluding tert-OH is 1. The molecule has 3 aliphatic heterocycles. The Kier molecular flexibility index (Phi) is 33.3. The van der Waals surface area contributed by atoms with Gasteiger partial charge in [0.1, 0.15) is 42.3 Å². The SMILES string of the molecule is CC(=O)O.CC(=O)O.CC(=O)O.NC(N)=NCCC[C@H](NC(=O)[C@H](Cc1ccccc1)NC(=O)[C@@H]1CCCN1C(=O)[C@H](CO)NC(=O)[C@H](Cc1ccccc1)NC(=O)CNC(=O)[C@@H]1CCCN1C(=O)[C@H]1CCCN1C(=O)[C@@H](N)CCCN=C(N)N)C(=O)O. The molecule has 0 aliphatic carbocycles. The average Bonchev–Trinajstić information content (AvgIpc) is 1.84. The lowest BCUT2D eigenvalue weighted by atomic mass is 10.0. The number of aliphatic imine (C=N–C) groups is 2. The number of amides is 8. The molecule has 3 saturated heterocycles. The topological polar surface area (TPSA) is 531 Å². The number of carboxylic acid groups (broad SMARTS) is 4. The molecule has 486 valence electrons. The summed E-state index contributed by atoms with van der Waals surface area (Å²) in [4.78, 5) is 161. The van der Waals surface area contributed by atoms with Crippen molar-refractivity contribution < 1.29 is 83.1 Å². The van der Waals surface area contributed by atoms with Crippen LogP contribution in [0.3, 0.4) is 0 Å². The first-order valence-electron chi connectivity index (χ1n) is 28.3. The van der Waals surface area contributed by atoms with Gasteiger partial charge in [-0.3, -0.25) is 62.7 Å². The zero-order valence-corrected chi connectivity index (χ0v) is 49.6. The van der Waals surface area contributed by atoms with Crippen molar-refractivity contribution in [3.63, 3.8) is 0 Å². The normalized spacial score (nSPS) is 17.2. The number of benzene rings is 2. The molecule has 0 radical (unpaired) electrons. The van der Waals surface area contributed by atoms with Gasteiger partial charge in [0.25, 0.3) is 17.9 Å². The molecular weight excluding hydrogens is 1150 g/mol. The van der Waals surface area contributed by atoms with E-state index in [1.807, 2.05) is 0 Å². The number of aliphatic carboxylic acids is 4. The monoisotopic (exact) mass is 1240 g/mol. The number of rotatable bonds is 27. The molecule has 5 rings (SSSR count). The van der Waals surface area contributed by atoms with E-state index in [-0.39, 0.29) is 69.6 Å². The Hall–Kier alpha value is -9.46. The molecule has 0 saturated carbocycles. The molecule has 0 bridgehead atoms. The Morgan fingerprint density at radius 1 is 0.534 bits per heavy atom. The third-order valence-corrected chi connectivity index (χ3v) is 13.4. The second-order valence-electron chi connectivity index (χ2n) is 20.6. The Balaban J connectivity index is 0.00000201. The molecule has 3 heterocycles. The average molecular weight is 1240 g/mol. The van der Waals surface area contributed by atoms with Crippen molar-refractivity contribution in [2.75, 3.05) is 45.9 Å². The summed E-state index contributed by atoms with van der Waals surface area (Å²) in [7, 11) is 0. The Bertz CT molecular complexity index is 2690. The number of likely N-dealkylation sites (tertiary alicyclic amines) is 3.